The Morgan fingerprint density at radius 3 is 2.57 bits per heavy atom. The van der Waals surface area contributed by atoms with Crippen molar-refractivity contribution in [2.45, 2.75) is 25.8 Å². The van der Waals surface area contributed by atoms with E-state index in [1.54, 1.807) is 4.90 Å². The van der Waals surface area contributed by atoms with Crippen LogP contribution in [0.1, 0.15) is 30.1 Å². The Morgan fingerprint density at radius 2 is 1.95 bits per heavy atom. The highest BCUT2D eigenvalue weighted by Crippen LogP contribution is 2.31. The smallest absolute Gasteiger partial charge is 0.255 e. The number of halogens is 2. The number of nitrogen functional groups attached to an aromatic ring is 1. The normalized spacial score (nSPS) is 22.1. The summed E-state index contributed by atoms with van der Waals surface area (Å²) in [5, 5.41) is 0.403. The number of nitrogens with zero attached hydrogens (tertiary/aromatic N) is 1. The minimum atomic E-state index is -0.392. The molecule has 1 aliphatic heterocycles. The molecule has 0 spiro atoms. The highest BCUT2D eigenvalue weighted by atomic mass is 35.5. The van der Waals surface area contributed by atoms with Crippen molar-refractivity contribution in [3.8, 4) is 0 Å². The zero-order valence-electron chi connectivity index (χ0n) is 11.6. The first-order valence-corrected chi connectivity index (χ1v) is 7.41. The Bertz CT molecular complexity index is 592. The molecule has 0 aromatic heterocycles. The molecular weight excluding hydrogens is 313 g/mol. The third-order valence-electron chi connectivity index (χ3n) is 3.83. The third kappa shape index (κ3) is 3.24. The molecule has 1 aromatic rings. The summed E-state index contributed by atoms with van der Waals surface area (Å²) in [5.74, 6) is -1.01. The fourth-order valence-corrected chi connectivity index (χ4v) is 2.96. The van der Waals surface area contributed by atoms with E-state index in [2.05, 4.69) is 0 Å². The van der Waals surface area contributed by atoms with E-state index in [9.17, 15) is 9.59 Å². The summed E-state index contributed by atoms with van der Waals surface area (Å²) in [7, 11) is 0. The molecule has 4 N–H and O–H groups in total. The lowest BCUT2D eigenvalue weighted by molar-refractivity contribution is -0.123. The van der Waals surface area contributed by atoms with Crippen molar-refractivity contribution in [3.05, 3.63) is 27.7 Å². The lowest BCUT2D eigenvalue weighted by Gasteiger charge is -2.37. The number of carbonyl (C=O) groups is 2. The van der Waals surface area contributed by atoms with E-state index < -0.39 is 5.91 Å². The van der Waals surface area contributed by atoms with E-state index in [1.165, 1.54) is 12.1 Å². The second-order valence-electron chi connectivity index (χ2n) is 5.35. The minimum Gasteiger partial charge on any atom is -0.399 e. The zero-order valence-corrected chi connectivity index (χ0v) is 13.1. The molecule has 0 radical (unpaired) electrons. The highest BCUT2D eigenvalue weighted by molar-refractivity contribution is 6.44. The van der Waals surface area contributed by atoms with Crippen LogP contribution in [-0.2, 0) is 4.79 Å². The average molecular weight is 330 g/mol. The molecule has 114 valence electrons. The molecule has 0 aliphatic carbocycles. The van der Waals surface area contributed by atoms with Crippen molar-refractivity contribution < 1.29 is 9.59 Å². The molecule has 1 aromatic carbocycles. The number of carbonyl (C=O) groups excluding carboxylic acids is 2. The number of piperidine rings is 1. The van der Waals surface area contributed by atoms with Crippen molar-refractivity contribution in [1.82, 2.24) is 4.90 Å². The first-order valence-electron chi connectivity index (χ1n) is 6.66. The van der Waals surface area contributed by atoms with Gasteiger partial charge in [0.05, 0.1) is 21.5 Å². The van der Waals surface area contributed by atoms with E-state index in [4.69, 9.17) is 34.7 Å². The molecule has 0 saturated carbocycles. The number of likely N-dealkylation sites (tertiary alicyclic amines) is 1. The largest absolute Gasteiger partial charge is 0.399 e. The summed E-state index contributed by atoms with van der Waals surface area (Å²) < 4.78 is 0. The maximum atomic E-state index is 12.7. The van der Waals surface area contributed by atoms with Crippen molar-refractivity contribution >= 4 is 40.7 Å². The van der Waals surface area contributed by atoms with Crippen LogP contribution in [0.5, 0.6) is 0 Å². The van der Waals surface area contributed by atoms with E-state index in [1.807, 2.05) is 6.92 Å². The van der Waals surface area contributed by atoms with E-state index in [0.29, 0.717) is 18.5 Å². The van der Waals surface area contributed by atoms with Gasteiger partial charge in [-0.15, -0.1) is 0 Å². The number of nitrogens with two attached hydrogens (primary N) is 2. The van der Waals surface area contributed by atoms with Crippen LogP contribution in [0, 0.1) is 5.92 Å². The SMILES string of the molecule is CC1CCC(C(N)=O)CN1C(=O)c1cc(N)cc(Cl)c1Cl. The van der Waals surface area contributed by atoms with Crippen LogP contribution in [0.15, 0.2) is 12.1 Å². The minimum absolute atomic E-state index is 0.00405. The van der Waals surface area contributed by atoms with Crippen molar-refractivity contribution in [2.75, 3.05) is 12.3 Å². The molecule has 2 unspecified atom stereocenters. The van der Waals surface area contributed by atoms with Gasteiger partial charge in [-0.3, -0.25) is 9.59 Å². The van der Waals surface area contributed by atoms with E-state index in [0.717, 1.165) is 0 Å². The Kier molecular flexibility index (Phi) is 4.64. The van der Waals surface area contributed by atoms with Crippen molar-refractivity contribution in [1.29, 1.82) is 0 Å². The van der Waals surface area contributed by atoms with Crippen LogP contribution >= 0.6 is 23.2 Å². The first-order chi connectivity index (χ1) is 9.81. The Morgan fingerprint density at radius 1 is 1.29 bits per heavy atom. The van der Waals surface area contributed by atoms with Crippen LogP contribution in [0.3, 0.4) is 0 Å². The number of primary amides is 1. The number of amides is 2. The van der Waals surface area contributed by atoms with Gasteiger partial charge >= 0.3 is 0 Å². The molecule has 1 saturated heterocycles. The monoisotopic (exact) mass is 329 g/mol. The van der Waals surface area contributed by atoms with Gasteiger partial charge in [-0.05, 0) is 31.9 Å². The molecule has 21 heavy (non-hydrogen) atoms. The van der Waals surface area contributed by atoms with Gasteiger partial charge in [0.2, 0.25) is 5.91 Å². The fourth-order valence-electron chi connectivity index (χ4n) is 2.54. The highest BCUT2D eigenvalue weighted by Gasteiger charge is 2.33. The standard InChI is InChI=1S/C14H17Cl2N3O2/c1-7-2-3-8(13(18)20)6-19(7)14(21)10-4-9(17)5-11(15)12(10)16/h4-5,7-8H,2-3,6,17H2,1H3,(H2,18,20). The summed E-state index contributed by atoms with van der Waals surface area (Å²) in [6, 6.07) is 2.99. The van der Waals surface area contributed by atoms with Crippen LogP contribution in [-0.4, -0.2) is 29.3 Å². The molecule has 2 amide bonds. The topological polar surface area (TPSA) is 89.4 Å². The number of benzene rings is 1. The first kappa shape index (κ1) is 15.9. The summed E-state index contributed by atoms with van der Waals surface area (Å²) in [4.78, 5) is 25.6. The van der Waals surface area contributed by atoms with Gasteiger partial charge in [0.25, 0.3) is 5.91 Å². The summed E-state index contributed by atoms with van der Waals surface area (Å²) in [6.45, 7) is 2.22. The summed E-state index contributed by atoms with van der Waals surface area (Å²) in [5.41, 5.74) is 11.7. The van der Waals surface area contributed by atoms with Gasteiger partial charge in [0.1, 0.15) is 0 Å². The fraction of sp³-hybridized carbons (Fsp3) is 0.429. The van der Waals surface area contributed by atoms with E-state index >= 15 is 0 Å². The number of anilines is 1. The number of rotatable bonds is 2. The molecule has 2 atom stereocenters. The second-order valence-corrected chi connectivity index (χ2v) is 6.13. The zero-order chi connectivity index (χ0) is 15.7. The average Bonchev–Trinajstić information content (AvgIpc) is 2.42. The molecule has 0 bridgehead atoms. The predicted molar refractivity (Wildman–Crippen MR) is 83.3 cm³/mol. The Labute approximate surface area is 133 Å². The molecule has 7 heteroatoms. The summed E-state index contributed by atoms with van der Waals surface area (Å²) in [6.07, 6.45) is 1.40. The maximum Gasteiger partial charge on any atom is 0.255 e. The van der Waals surface area contributed by atoms with Gasteiger partial charge in [-0.25, -0.2) is 0 Å². The Balaban J connectivity index is 2.32. The summed E-state index contributed by atoms with van der Waals surface area (Å²) >= 11 is 12.1. The molecule has 2 rings (SSSR count). The van der Waals surface area contributed by atoms with Gasteiger partial charge in [0.15, 0.2) is 0 Å². The third-order valence-corrected chi connectivity index (χ3v) is 4.63. The number of hydrogen-bond donors (Lipinski definition) is 2. The van der Waals surface area contributed by atoms with Crippen LogP contribution in [0.4, 0.5) is 5.69 Å². The van der Waals surface area contributed by atoms with Crippen molar-refractivity contribution in [3.63, 3.8) is 0 Å². The van der Waals surface area contributed by atoms with Gasteiger partial charge in [-0.1, -0.05) is 23.2 Å². The molecule has 1 fully saturated rings. The maximum absolute atomic E-state index is 12.7. The number of hydrogen-bond acceptors (Lipinski definition) is 3. The van der Waals surface area contributed by atoms with Gasteiger partial charge in [0, 0.05) is 18.3 Å². The van der Waals surface area contributed by atoms with Crippen LogP contribution < -0.4 is 11.5 Å². The molecule has 1 heterocycles. The van der Waals surface area contributed by atoms with Gasteiger partial charge < -0.3 is 16.4 Å². The Hall–Kier alpha value is -1.46. The lowest BCUT2D eigenvalue weighted by Crippen LogP contribution is -2.48. The molecule has 1 aliphatic rings. The second kappa shape index (κ2) is 6.12. The molecular formula is C14H17Cl2N3O2. The van der Waals surface area contributed by atoms with Gasteiger partial charge in [-0.2, -0.15) is 0 Å². The van der Waals surface area contributed by atoms with E-state index in [-0.39, 0.29) is 40.0 Å². The van der Waals surface area contributed by atoms with Crippen molar-refractivity contribution in [2.24, 2.45) is 11.7 Å². The van der Waals surface area contributed by atoms with Crippen LogP contribution in [0.2, 0.25) is 10.0 Å². The van der Waals surface area contributed by atoms with Crippen LogP contribution in [0.25, 0.3) is 0 Å². The predicted octanol–water partition coefficient (Wildman–Crippen LogP) is 2.30. The molecule has 5 nitrogen and oxygen atoms in total. The lowest BCUT2D eigenvalue weighted by atomic mass is 9.92. The quantitative estimate of drug-likeness (QED) is 0.816.